The molecule has 5 nitrogen and oxygen atoms in total. The summed E-state index contributed by atoms with van der Waals surface area (Å²) in [4.78, 5) is 22.8. The lowest BCUT2D eigenvalue weighted by Crippen LogP contribution is -2.35. The van der Waals surface area contributed by atoms with Crippen LogP contribution in [-0.4, -0.2) is 36.8 Å². The summed E-state index contributed by atoms with van der Waals surface area (Å²) in [6.45, 7) is 0.695. The number of hydrogen-bond acceptors (Lipinski definition) is 4. The van der Waals surface area contributed by atoms with Gasteiger partial charge in [-0.2, -0.15) is 0 Å². The van der Waals surface area contributed by atoms with E-state index in [1.165, 1.54) is 0 Å². The van der Waals surface area contributed by atoms with E-state index in [0.29, 0.717) is 18.5 Å². The van der Waals surface area contributed by atoms with Gasteiger partial charge in [0.2, 0.25) is 5.91 Å². The lowest BCUT2D eigenvalue weighted by Gasteiger charge is -2.26. The zero-order chi connectivity index (χ0) is 12.4. The second-order valence-electron chi connectivity index (χ2n) is 3.96. The van der Waals surface area contributed by atoms with Crippen molar-refractivity contribution in [2.45, 2.75) is 6.42 Å². The van der Waals surface area contributed by atoms with Crippen LogP contribution in [0.5, 0.6) is 0 Å². The fraction of sp³-hybridized carbons (Fsp3) is 0.333. The Bertz CT molecular complexity index is 442. The van der Waals surface area contributed by atoms with Crippen molar-refractivity contribution in [2.75, 3.05) is 25.1 Å². The number of rotatable bonds is 3. The van der Waals surface area contributed by atoms with Crippen molar-refractivity contribution >= 4 is 17.4 Å². The molecule has 1 fully saturated rings. The predicted octanol–water partition coefficient (Wildman–Crippen LogP) is 0.412. The van der Waals surface area contributed by atoms with Gasteiger partial charge < -0.3 is 5.73 Å². The first-order valence-electron chi connectivity index (χ1n) is 5.51. The lowest BCUT2D eigenvalue weighted by atomic mass is 10.1. The minimum Gasteiger partial charge on any atom is -0.324 e. The van der Waals surface area contributed by atoms with Crippen LogP contribution >= 0.6 is 0 Å². The first-order valence-corrected chi connectivity index (χ1v) is 5.51. The number of anilines is 1. The van der Waals surface area contributed by atoms with Crippen molar-refractivity contribution in [3.8, 4) is 0 Å². The van der Waals surface area contributed by atoms with E-state index >= 15 is 0 Å². The van der Waals surface area contributed by atoms with Crippen LogP contribution in [0.3, 0.4) is 0 Å². The Balaban J connectivity index is 2.18. The van der Waals surface area contributed by atoms with Crippen LogP contribution in [0.4, 0.5) is 5.69 Å². The van der Waals surface area contributed by atoms with Gasteiger partial charge in [-0.05, 0) is 24.3 Å². The summed E-state index contributed by atoms with van der Waals surface area (Å²) >= 11 is 0. The Morgan fingerprint density at radius 1 is 1.35 bits per heavy atom. The molecule has 2 N–H and O–H groups in total. The van der Waals surface area contributed by atoms with Crippen molar-refractivity contribution < 1.29 is 9.59 Å². The van der Waals surface area contributed by atoms with Crippen LogP contribution in [0.1, 0.15) is 16.8 Å². The van der Waals surface area contributed by atoms with Crippen LogP contribution in [0.15, 0.2) is 24.3 Å². The third-order valence-corrected chi connectivity index (χ3v) is 2.93. The number of ketones is 1. The van der Waals surface area contributed by atoms with Crippen molar-refractivity contribution in [2.24, 2.45) is 5.73 Å². The molecule has 0 spiro atoms. The topological polar surface area (TPSA) is 66.6 Å². The molecular formula is C12H15N3O2. The molecule has 1 aromatic carbocycles. The molecule has 5 heteroatoms. The molecule has 0 atom stereocenters. The van der Waals surface area contributed by atoms with Gasteiger partial charge in [0, 0.05) is 25.6 Å². The number of nitrogens with two attached hydrogens (primary N) is 1. The maximum Gasteiger partial charge on any atom is 0.242 e. The molecule has 1 aliphatic rings. The molecule has 1 heterocycles. The summed E-state index contributed by atoms with van der Waals surface area (Å²) in [5.41, 5.74) is 6.80. The number of nitrogens with zero attached hydrogens (tertiary/aromatic N) is 2. The quantitative estimate of drug-likeness (QED) is 0.768. The molecule has 0 saturated carbocycles. The van der Waals surface area contributed by atoms with Gasteiger partial charge >= 0.3 is 0 Å². The van der Waals surface area contributed by atoms with E-state index in [2.05, 4.69) is 0 Å². The third-order valence-electron chi connectivity index (χ3n) is 2.93. The molecule has 1 amide bonds. The van der Waals surface area contributed by atoms with E-state index in [4.69, 9.17) is 5.73 Å². The molecule has 0 aromatic heterocycles. The Kier molecular flexibility index (Phi) is 3.10. The number of hydrogen-bond donors (Lipinski definition) is 1. The van der Waals surface area contributed by atoms with Gasteiger partial charge in [-0.15, -0.1) is 0 Å². The summed E-state index contributed by atoms with van der Waals surface area (Å²) in [6, 6.07) is 7.14. The number of Topliss-reactive ketones (excluding diaryl/α,β-unsaturated/α-hetero) is 1. The highest BCUT2D eigenvalue weighted by molar-refractivity contribution is 5.97. The normalized spacial score (nSPS) is 15.5. The van der Waals surface area contributed by atoms with E-state index in [1.807, 2.05) is 17.1 Å². The highest BCUT2D eigenvalue weighted by Gasteiger charge is 2.25. The van der Waals surface area contributed by atoms with Crippen molar-refractivity contribution in [3.63, 3.8) is 0 Å². The number of carbonyl (C=O) groups is 2. The summed E-state index contributed by atoms with van der Waals surface area (Å²) in [6.07, 6.45) is 0.528. The van der Waals surface area contributed by atoms with Crippen LogP contribution in [0.25, 0.3) is 0 Å². The number of amides is 1. The molecule has 0 aliphatic carbocycles. The molecule has 1 aromatic rings. The van der Waals surface area contributed by atoms with Gasteiger partial charge in [0.1, 0.15) is 0 Å². The Morgan fingerprint density at radius 3 is 2.47 bits per heavy atom. The van der Waals surface area contributed by atoms with Crippen LogP contribution in [0.2, 0.25) is 0 Å². The zero-order valence-corrected chi connectivity index (χ0v) is 9.72. The SMILES string of the molecule is CN1C(=O)CCN1c1ccc(C(=O)CN)cc1. The molecule has 2 rings (SSSR count). The van der Waals surface area contributed by atoms with E-state index in [-0.39, 0.29) is 18.2 Å². The first-order chi connectivity index (χ1) is 8.13. The van der Waals surface area contributed by atoms with E-state index < -0.39 is 0 Å². The van der Waals surface area contributed by atoms with Crippen molar-refractivity contribution in [3.05, 3.63) is 29.8 Å². The van der Waals surface area contributed by atoms with Crippen LogP contribution < -0.4 is 10.7 Å². The Labute approximate surface area is 99.8 Å². The standard InChI is InChI=1S/C12H15N3O2/c1-14-12(17)6-7-15(14)10-4-2-9(3-5-10)11(16)8-13/h2-5H,6-8,13H2,1H3. The maximum atomic E-state index is 11.4. The van der Waals surface area contributed by atoms with Crippen molar-refractivity contribution in [1.82, 2.24) is 5.01 Å². The average molecular weight is 233 g/mol. The lowest BCUT2D eigenvalue weighted by molar-refractivity contribution is -0.126. The average Bonchev–Trinajstić information content (AvgIpc) is 2.69. The second kappa shape index (κ2) is 4.55. The summed E-state index contributed by atoms with van der Waals surface area (Å²) in [5.74, 6) is 0.0227. The summed E-state index contributed by atoms with van der Waals surface area (Å²) < 4.78 is 0. The third kappa shape index (κ3) is 2.14. The van der Waals surface area contributed by atoms with Gasteiger partial charge in [-0.3, -0.25) is 19.6 Å². The molecule has 90 valence electrons. The highest BCUT2D eigenvalue weighted by atomic mass is 16.2. The smallest absolute Gasteiger partial charge is 0.242 e. The number of hydrazine groups is 1. The van der Waals surface area contributed by atoms with Crippen LogP contribution in [-0.2, 0) is 4.79 Å². The van der Waals surface area contributed by atoms with Gasteiger partial charge in [-0.1, -0.05) is 0 Å². The molecule has 17 heavy (non-hydrogen) atoms. The molecule has 0 unspecified atom stereocenters. The highest BCUT2D eigenvalue weighted by Crippen LogP contribution is 2.21. The van der Waals surface area contributed by atoms with Gasteiger partial charge in [-0.25, -0.2) is 0 Å². The van der Waals surface area contributed by atoms with E-state index in [1.54, 1.807) is 24.2 Å². The minimum atomic E-state index is -0.0811. The fourth-order valence-electron chi connectivity index (χ4n) is 1.89. The van der Waals surface area contributed by atoms with Crippen LogP contribution in [0, 0.1) is 0 Å². The monoisotopic (exact) mass is 233 g/mol. The predicted molar refractivity (Wildman–Crippen MR) is 64.6 cm³/mol. The fourth-order valence-corrected chi connectivity index (χ4v) is 1.89. The van der Waals surface area contributed by atoms with E-state index in [0.717, 1.165) is 5.69 Å². The largest absolute Gasteiger partial charge is 0.324 e. The molecule has 1 aliphatic heterocycles. The second-order valence-corrected chi connectivity index (χ2v) is 3.96. The van der Waals surface area contributed by atoms with Gasteiger partial charge in [0.25, 0.3) is 0 Å². The summed E-state index contributed by atoms with van der Waals surface area (Å²) in [7, 11) is 1.74. The molecule has 0 radical (unpaired) electrons. The first kappa shape index (κ1) is 11.6. The van der Waals surface area contributed by atoms with Crippen molar-refractivity contribution in [1.29, 1.82) is 0 Å². The Morgan fingerprint density at radius 2 is 2.00 bits per heavy atom. The summed E-state index contributed by atoms with van der Waals surface area (Å²) in [5, 5.41) is 3.48. The van der Waals surface area contributed by atoms with Gasteiger partial charge in [0.15, 0.2) is 5.78 Å². The Hall–Kier alpha value is -1.88. The molecule has 1 saturated heterocycles. The molecular weight excluding hydrogens is 218 g/mol. The van der Waals surface area contributed by atoms with E-state index in [9.17, 15) is 9.59 Å². The number of carbonyl (C=O) groups excluding carboxylic acids is 2. The minimum absolute atomic E-state index is 0.0153. The zero-order valence-electron chi connectivity index (χ0n) is 9.72. The number of benzene rings is 1. The molecule has 0 bridgehead atoms. The maximum absolute atomic E-state index is 11.4. The van der Waals surface area contributed by atoms with Gasteiger partial charge in [0.05, 0.1) is 12.2 Å².